The van der Waals surface area contributed by atoms with E-state index in [-0.39, 0.29) is 35.8 Å². The van der Waals surface area contributed by atoms with Crippen LogP contribution in [-0.2, 0) is 6.42 Å². The summed E-state index contributed by atoms with van der Waals surface area (Å²) in [4.78, 5) is 10.5. The fourth-order valence-electron chi connectivity index (χ4n) is 3.60. The lowest BCUT2D eigenvalue weighted by molar-refractivity contribution is 0.612. The van der Waals surface area contributed by atoms with E-state index in [9.17, 15) is 4.39 Å². The third kappa shape index (κ3) is 5.93. The van der Waals surface area contributed by atoms with Crippen molar-refractivity contribution in [2.24, 2.45) is 4.99 Å². The van der Waals surface area contributed by atoms with E-state index in [1.54, 1.807) is 19.3 Å². The predicted molar refractivity (Wildman–Crippen MR) is 132 cm³/mol. The molecule has 0 saturated carbocycles. The standard InChI is InChI=1S/C22H26FN7.HI/c1-24-22(28-18-10-13-29(16-18)21-20(23)8-5-11-25-21)26-12-9-17-14-27-30(15-17)19-6-3-2-4-7-19;/h2-8,11,14-15,18H,9-10,12-13,16H2,1H3,(H2,24,26,28);1H. The maximum Gasteiger partial charge on any atom is 0.191 e. The molecule has 0 aliphatic carbocycles. The van der Waals surface area contributed by atoms with E-state index < -0.39 is 0 Å². The van der Waals surface area contributed by atoms with Crippen LogP contribution in [0.1, 0.15) is 12.0 Å². The number of guanidine groups is 1. The Morgan fingerprint density at radius 1 is 1.23 bits per heavy atom. The Labute approximate surface area is 198 Å². The highest BCUT2D eigenvalue weighted by molar-refractivity contribution is 14.0. The fraction of sp³-hybridized carbons (Fsp3) is 0.318. The summed E-state index contributed by atoms with van der Waals surface area (Å²) >= 11 is 0. The van der Waals surface area contributed by atoms with Crippen LogP contribution in [0.4, 0.5) is 10.2 Å². The van der Waals surface area contributed by atoms with Gasteiger partial charge in [0.05, 0.1) is 11.9 Å². The highest BCUT2D eigenvalue weighted by Gasteiger charge is 2.25. The fourth-order valence-corrected chi connectivity index (χ4v) is 3.60. The Bertz CT molecular complexity index is 992. The molecule has 3 aromatic rings. The molecule has 2 aromatic heterocycles. The van der Waals surface area contributed by atoms with E-state index >= 15 is 0 Å². The lowest BCUT2D eigenvalue weighted by Crippen LogP contribution is -2.45. The average Bonchev–Trinajstić information content (AvgIpc) is 3.44. The van der Waals surface area contributed by atoms with Gasteiger partial charge >= 0.3 is 0 Å². The van der Waals surface area contributed by atoms with Crippen LogP contribution < -0.4 is 15.5 Å². The third-order valence-electron chi connectivity index (χ3n) is 5.15. The van der Waals surface area contributed by atoms with E-state index in [0.717, 1.165) is 43.1 Å². The summed E-state index contributed by atoms with van der Waals surface area (Å²) in [5.41, 5.74) is 2.20. The van der Waals surface area contributed by atoms with Gasteiger partial charge in [0.25, 0.3) is 0 Å². The van der Waals surface area contributed by atoms with Crippen molar-refractivity contribution >= 4 is 35.8 Å². The molecule has 4 rings (SSSR count). The van der Waals surface area contributed by atoms with E-state index in [1.807, 2.05) is 52.3 Å². The minimum absolute atomic E-state index is 0. The number of hydrogen-bond donors (Lipinski definition) is 2. The molecule has 1 aliphatic heterocycles. The van der Waals surface area contributed by atoms with Crippen molar-refractivity contribution < 1.29 is 4.39 Å². The molecule has 0 amide bonds. The number of nitrogens with one attached hydrogen (secondary N) is 2. The van der Waals surface area contributed by atoms with Gasteiger partial charge in [0.15, 0.2) is 17.6 Å². The summed E-state index contributed by atoms with van der Waals surface area (Å²) < 4.78 is 15.8. The Kier molecular flexibility index (Phi) is 8.21. The minimum atomic E-state index is -0.281. The summed E-state index contributed by atoms with van der Waals surface area (Å²) in [5, 5.41) is 11.2. The van der Waals surface area contributed by atoms with Gasteiger partial charge in [-0.3, -0.25) is 4.99 Å². The van der Waals surface area contributed by atoms with Crippen molar-refractivity contribution in [3.8, 4) is 5.69 Å². The third-order valence-corrected chi connectivity index (χ3v) is 5.15. The van der Waals surface area contributed by atoms with Crippen molar-refractivity contribution in [1.29, 1.82) is 0 Å². The smallest absolute Gasteiger partial charge is 0.191 e. The largest absolute Gasteiger partial charge is 0.356 e. The zero-order valence-electron chi connectivity index (χ0n) is 17.4. The number of aromatic nitrogens is 3. The maximum atomic E-state index is 14.0. The number of hydrogen-bond acceptors (Lipinski definition) is 4. The van der Waals surface area contributed by atoms with Gasteiger partial charge in [0.1, 0.15) is 0 Å². The van der Waals surface area contributed by atoms with Gasteiger partial charge in [-0.2, -0.15) is 5.10 Å². The van der Waals surface area contributed by atoms with Crippen LogP contribution in [-0.4, -0.2) is 53.4 Å². The number of benzene rings is 1. The van der Waals surface area contributed by atoms with Crippen LogP contribution >= 0.6 is 24.0 Å². The van der Waals surface area contributed by atoms with Crippen LogP contribution in [0.5, 0.6) is 0 Å². The molecule has 0 bridgehead atoms. The van der Waals surface area contributed by atoms with Gasteiger partial charge in [-0.05, 0) is 42.7 Å². The number of aliphatic imine (C=N–C) groups is 1. The number of para-hydroxylation sites is 1. The summed E-state index contributed by atoms with van der Waals surface area (Å²) in [7, 11) is 1.76. The summed E-state index contributed by atoms with van der Waals surface area (Å²) in [5.74, 6) is 0.885. The first-order valence-corrected chi connectivity index (χ1v) is 10.1. The molecule has 1 aliphatic rings. The van der Waals surface area contributed by atoms with Crippen LogP contribution in [0.3, 0.4) is 0 Å². The number of pyridine rings is 1. The molecular formula is C22H27FIN7. The molecule has 1 atom stereocenters. The van der Waals surface area contributed by atoms with E-state index in [0.29, 0.717) is 12.4 Å². The lowest BCUT2D eigenvalue weighted by atomic mass is 10.2. The van der Waals surface area contributed by atoms with Gasteiger partial charge in [-0.1, -0.05) is 18.2 Å². The predicted octanol–water partition coefficient (Wildman–Crippen LogP) is 3.01. The Balaban J connectivity index is 0.00000272. The van der Waals surface area contributed by atoms with Crippen LogP contribution in [0.15, 0.2) is 66.0 Å². The first-order chi connectivity index (χ1) is 14.7. The van der Waals surface area contributed by atoms with Gasteiger partial charge in [-0.15, -0.1) is 24.0 Å². The van der Waals surface area contributed by atoms with Gasteiger partial charge < -0.3 is 15.5 Å². The quantitative estimate of drug-likeness (QED) is 0.289. The Hall–Kier alpha value is -2.69. The van der Waals surface area contributed by atoms with Crippen molar-refractivity contribution in [2.75, 3.05) is 31.6 Å². The number of halogens is 2. The summed E-state index contributed by atoms with van der Waals surface area (Å²) in [6.07, 6.45) is 7.30. The molecular weight excluding hydrogens is 508 g/mol. The second kappa shape index (κ2) is 11.1. The number of rotatable bonds is 6. The molecule has 0 spiro atoms. The van der Waals surface area contributed by atoms with Crippen LogP contribution in [0, 0.1) is 5.82 Å². The van der Waals surface area contributed by atoms with Crippen LogP contribution in [0.25, 0.3) is 5.69 Å². The molecule has 9 heteroatoms. The zero-order chi connectivity index (χ0) is 20.8. The summed E-state index contributed by atoms with van der Waals surface area (Å²) in [6, 6.07) is 13.3. The molecule has 3 heterocycles. The molecule has 31 heavy (non-hydrogen) atoms. The van der Waals surface area contributed by atoms with E-state index in [1.165, 1.54) is 6.07 Å². The molecule has 1 aromatic carbocycles. The highest BCUT2D eigenvalue weighted by Crippen LogP contribution is 2.20. The molecule has 1 unspecified atom stereocenters. The van der Waals surface area contributed by atoms with Crippen LogP contribution in [0.2, 0.25) is 0 Å². The second-order valence-corrected chi connectivity index (χ2v) is 7.26. The SMILES string of the molecule is CN=C(NCCc1cnn(-c2ccccc2)c1)NC1CCN(c2ncccc2F)C1.I. The highest BCUT2D eigenvalue weighted by atomic mass is 127. The topological polar surface area (TPSA) is 70.4 Å². The number of anilines is 1. The molecule has 1 saturated heterocycles. The Morgan fingerprint density at radius 2 is 2.06 bits per heavy atom. The molecule has 1 fully saturated rings. The second-order valence-electron chi connectivity index (χ2n) is 7.26. The monoisotopic (exact) mass is 535 g/mol. The van der Waals surface area contributed by atoms with Crippen molar-refractivity contribution in [3.63, 3.8) is 0 Å². The molecule has 2 N–H and O–H groups in total. The maximum absolute atomic E-state index is 14.0. The molecule has 0 radical (unpaired) electrons. The Morgan fingerprint density at radius 3 is 2.84 bits per heavy atom. The van der Waals surface area contributed by atoms with Gasteiger partial charge in [0.2, 0.25) is 0 Å². The first kappa shape index (κ1) is 23.0. The molecule has 164 valence electrons. The first-order valence-electron chi connectivity index (χ1n) is 10.1. The normalized spacial score (nSPS) is 16.1. The van der Waals surface area contributed by atoms with Crippen molar-refractivity contribution in [2.45, 2.75) is 18.9 Å². The zero-order valence-corrected chi connectivity index (χ0v) is 19.7. The number of nitrogens with zero attached hydrogens (tertiary/aromatic N) is 5. The lowest BCUT2D eigenvalue weighted by Gasteiger charge is -2.19. The summed E-state index contributed by atoms with van der Waals surface area (Å²) in [6.45, 7) is 2.20. The van der Waals surface area contributed by atoms with Crippen molar-refractivity contribution in [3.05, 3.63) is 72.4 Å². The minimum Gasteiger partial charge on any atom is -0.356 e. The van der Waals surface area contributed by atoms with Gasteiger partial charge in [0, 0.05) is 45.1 Å². The van der Waals surface area contributed by atoms with Crippen molar-refractivity contribution in [1.82, 2.24) is 25.4 Å². The van der Waals surface area contributed by atoms with E-state index in [2.05, 4.69) is 25.7 Å². The van der Waals surface area contributed by atoms with E-state index in [4.69, 9.17) is 0 Å². The average molecular weight is 535 g/mol. The van der Waals surface area contributed by atoms with Gasteiger partial charge in [-0.25, -0.2) is 14.1 Å². The molecule has 7 nitrogen and oxygen atoms in total.